The van der Waals surface area contributed by atoms with E-state index in [4.69, 9.17) is 4.74 Å². The molecule has 0 N–H and O–H groups in total. The molecule has 2 aromatic carbocycles. The fraction of sp³-hybridized carbons (Fsp3) is 0.316. The van der Waals surface area contributed by atoms with Crippen LogP contribution < -0.4 is 4.74 Å². The molecule has 0 saturated heterocycles. The van der Waals surface area contributed by atoms with Crippen molar-refractivity contribution in [2.75, 3.05) is 6.61 Å². The SMILES string of the molecule is Cc1ccc(C(C#N)CCOc2ccc(C)cc2C)cc1. The van der Waals surface area contributed by atoms with Crippen LogP contribution in [0.5, 0.6) is 5.75 Å². The lowest BCUT2D eigenvalue weighted by molar-refractivity contribution is 0.304. The van der Waals surface area contributed by atoms with Crippen molar-refractivity contribution in [2.24, 2.45) is 0 Å². The van der Waals surface area contributed by atoms with Gasteiger partial charge in [0.05, 0.1) is 18.6 Å². The lowest BCUT2D eigenvalue weighted by Crippen LogP contribution is -2.05. The van der Waals surface area contributed by atoms with Crippen molar-refractivity contribution in [3.8, 4) is 11.8 Å². The third-order valence-electron chi connectivity index (χ3n) is 3.63. The highest BCUT2D eigenvalue weighted by atomic mass is 16.5. The van der Waals surface area contributed by atoms with Crippen LogP contribution in [-0.2, 0) is 0 Å². The molecule has 2 heteroatoms. The summed E-state index contributed by atoms with van der Waals surface area (Å²) in [6, 6.07) is 16.7. The van der Waals surface area contributed by atoms with Crippen molar-refractivity contribution in [1.82, 2.24) is 0 Å². The maximum atomic E-state index is 9.33. The molecule has 0 spiro atoms. The van der Waals surface area contributed by atoms with Crippen LogP contribution in [0.4, 0.5) is 0 Å². The molecule has 2 rings (SSSR count). The number of nitriles is 1. The summed E-state index contributed by atoms with van der Waals surface area (Å²) in [5, 5.41) is 9.33. The first-order chi connectivity index (χ1) is 10.1. The molecule has 0 radical (unpaired) electrons. The van der Waals surface area contributed by atoms with Gasteiger partial charge in [0.25, 0.3) is 0 Å². The maximum absolute atomic E-state index is 9.33. The van der Waals surface area contributed by atoms with Crippen molar-refractivity contribution in [3.05, 3.63) is 64.7 Å². The number of aryl methyl sites for hydroxylation is 3. The molecule has 0 fully saturated rings. The van der Waals surface area contributed by atoms with Gasteiger partial charge in [-0.1, -0.05) is 47.5 Å². The van der Waals surface area contributed by atoms with E-state index in [1.54, 1.807) is 0 Å². The Bertz CT molecular complexity index is 638. The first-order valence-electron chi connectivity index (χ1n) is 7.26. The smallest absolute Gasteiger partial charge is 0.122 e. The molecule has 0 aliphatic carbocycles. The molecule has 0 saturated carbocycles. The maximum Gasteiger partial charge on any atom is 0.122 e. The van der Waals surface area contributed by atoms with Crippen LogP contribution >= 0.6 is 0 Å². The lowest BCUT2D eigenvalue weighted by Gasteiger charge is -2.13. The number of ether oxygens (including phenoxy) is 1. The lowest BCUT2D eigenvalue weighted by atomic mass is 9.97. The van der Waals surface area contributed by atoms with Gasteiger partial charge in [0.15, 0.2) is 0 Å². The number of hydrogen-bond acceptors (Lipinski definition) is 2. The third-order valence-corrected chi connectivity index (χ3v) is 3.63. The molecule has 0 heterocycles. The molecule has 0 aliphatic rings. The van der Waals surface area contributed by atoms with Gasteiger partial charge in [0.2, 0.25) is 0 Å². The van der Waals surface area contributed by atoms with Gasteiger partial charge in [-0.15, -0.1) is 0 Å². The summed E-state index contributed by atoms with van der Waals surface area (Å²) in [5.41, 5.74) is 4.64. The fourth-order valence-corrected chi connectivity index (χ4v) is 2.35. The Kier molecular flexibility index (Phi) is 5.00. The van der Waals surface area contributed by atoms with Crippen LogP contribution in [0.3, 0.4) is 0 Å². The van der Waals surface area contributed by atoms with Gasteiger partial charge in [0, 0.05) is 6.42 Å². The van der Waals surface area contributed by atoms with Gasteiger partial charge in [0.1, 0.15) is 5.75 Å². The summed E-state index contributed by atoms with van der Waals surface area (Å²) in [5.74, 6) is 0.789. The number of nitrogens with zero attached hydrogens (tertiary/aromatic N) is 1. The number of benzene rings is 2. The van der Waals surface area contributed by atoms with E-state index in [-0.39, 0.29) is 5.92 Å². The minimum Gasteiger partial charge on any atom is -0.493 e. The Morgan fingerprint density at radius 2 is 1.67 bits per heavy atom. The van der Waals surface area contributed by atoms with E-state index in [0.717, 1.165) is 16.9 Å². The van der Waals surface area contributed by atoms with Crippen molar-refractivity contribution in [3.63, 3.8) is 0 Å². The highest BCUT2D eigenvalue weighted by Gasteiger charge is 2.11. The Balaban J connectivity index is 1.95. The minimum atomic E-state index is -0.114. The second-order valence-electron chi connectivity index (χ2n) is 5.50. The summed E-state index contributed by atoms with van der Waals surface area (Å²) in [6.45, 7) is 6.72. The van der Waals surface area contributed by atoms with E-state index in [0.29, 0.717) is 13.0 Å². The average Bonchev–Trinajstić information content (AvgIpc) is 2.47. The molecular weight excluding hydrogens is 258 g/mol. The zero-order chi connectivity index (χ0) is 15.2. The normalized spacial score (nSPS) is 11.7. The molecule has 0 aromatic heterocycles. The van der Waals surface area contributed by atoms with Gasteiger partial charge in [-0.05, 0) is 38.0 Å². The van der Waals surface area contributed by atoms with E-state index in [1.807, 2.05) is 43.3 Å². The van der Waals surface area contributed by atoms with E-state index in [1.165, 1.54) is 11.1 Å². The largest absolute Gasteiger partial charge is 0.493 e. The standard InChI is InChI=1S/C19H21NO/c1-14-4-7-17(8-5-14)18(13-20)10-11-21-19-9-6-15(2)12-16(19)3/h4-9,12,18H,10-11H2,1-3H3. The zero-order valence-corrected chi connectivity index (χ0v) is 12.9. The molecule has 108 valence electrons. The summed E-state index contributed by atoms with van der Waals surface area (Å²) >= 11 is 0. The van der Waals surface area contributed by atoms with Gasteiger partial charge < -0.3 is 4.74 Å². The second kappa shape index (κ2) is 6.95. The van der Waals surface area contributed by atoms with Crippen LogP contribution in [0.2, 0.25) is 0 Å². The molecule has 0 aliphatic heterocycles. The van der Waals surface area contributed by atoms with Crippen LogP contribution in [-0.4, -0.2) is 6.61 Å². The monoisotopic (exact) mass is 279 g/mol. The van der Waals surface area contributed by atoms with Gasteiger partial charge >= 0.3 is 0 Å². The topological polar surface area (TPSA) is 33.0 Å². The van der Waals surface area contributed by atoms with Crippen molar-refractivity contribution >= 4 is 0 Å². The fourth-order valence-electron chi connectivity index (χ4n) is 2.35. The van der Waals surface area contributed by atoms with Crippen molar-refractivity contribution < 1.29 is 4.74 Å². The Labute approximate surface area is 127 Å². The van der Waals surface area contributed by atoms with Crippen LogP contribution in [0.25, 0.3) is 0 Å². The highest BCUT2D eigenvalue weighted by molar-refractivity contribution is 5.35. The first-order valence-corrected chi connectivity index (χ1v) is 7.26. The van der Waals surface area contributed by atoms with E-state index >= 15 is 0 Å². The molecule has 2 nitrogen and oxygen atoms in total. The molecule has 1 unspecified atom stereocenters. The summed E-state index contributed by atoms with van der Waals surface area (Å²) in [4.78, 5) is 0. The van der Waals surface area contributed by atoms with Crippen LogP contribution in [0.15, 0.2) is 42.5 Å². The van der Waals surface area contributed by atoms with Gasteiger partial charge in [-0.25, -0.2) is 0 Å². The highest BCUT2D eigenvalue weighted by Crippen LogP contribution is 2.22. The van der Waals surface area contributed by atoms with E-state index in [2.05, 4.69) is 26.0 Å². The van der Waals surface area contributed by atoms with Crippen LogP contribution in [0.1, 0.15) is 34.6 Å². The van der Waals surface area contributed by atoms with Gasteiger partial charge in [-0.2, -0.15) is 5.26 Å². The third kappa shape index (κ3) is 4.10. The zero-order valence-electron chi connectivity index (χ0n) is 12.9. The predicted molar refractivity (Wildman–Crippen MR) is 85.6 cm³/mol. The Morgan fingerprint density at radius 3 is 2.29 bits per heavy atom. The summed E-state index contributed by atoms with van der Waals surface area (Å²) < 4.78 is 5.82. The second-order valence-corrected chi connectivity index (χ2v) is 5.50. The molecule has 0 bridgehead atoms. The van der Waals surface area contributed by atoms with Crippen LogP contribution in [0, 0.1) is 32.1 Å². The van der Waals surface area contributed by atoms with E-state index in [9.17, 15) is 5.26 Å². The number of rotatable bonds is 5. The number of hydrogen-bond donors (Lipinski definition) is 0. The molecular formula is C19H21NO. The summed E-state index contributed by atoms with van der Waals surface area (Å²) in [7, 11) is 0. The van der Waals surface area contributed by atoms with E-state index < -0.39 is 0 Å². The minimum absolute atomic E-state index is 0.114. The molecule has 2 aromatic rings. The van der Waals surface area contributed by atoms with Crippen molar-refractivity contribution in [1.29, 1.82) is 5.26 Å². The van der Waals surface area contributed by atoms with Gasteiger partial charge in [-0.3, -0.25) is 0 Å². The molecule has 21 heavy (non-hydrogen) atoms. The molecule has 0 amide bonds. The van der Waals surface area contributed by atoms with Crippen molar-refractivity contribution in [2.45, 2.75) is 33.1 Å². The quantitative estimate of drug-likeness (QED) is 0.795. The average molecular weight is 279 g/mol. The molecule has 1 atom stereocenters. The predicted octanol–water partition coefficient (Wildman–Crippen LogP) is 4.69. The Morgan fingerprint density at radius 1 is 1.00 bits per heavy atom. The first kappa shape index (κ1) is 15.1. The Hall–Kier alpha value is -2.27. The summed E-state index contributed by atoms with van der Waals surface area (Å²) in [6.07, 6.45) is 0.701.